The number of nitrogens with one attached hydrogen (secondary N) is 1. The van der Waals surface area contributed by atoms with Crippen molar-refractivity contribution in [3.8, 4) is 0 Å². The number of nitro benzene ring substituents is 1. The van der Waals surface area contributed by atoms with Crippen LogP contribution in [-0.2, 0) is 6.54 Å². The minimum absolute atomic E-state index is 0.0628. The van der Waals surface area contributed by atoms with Crippen molar-refractivity contribution in [1.82, 2.24) is 10.2 Å². The molecular formula is C13H20BrN3O2. The van der Waals surface area contributed by atoms with Gasteiger partial charge in [0.1, 0.15) is 0 Å². The topological polar surface area (TPSA) is 58.4 Å². The molecule has 1 aromatic rings. The highest BCUT2D eigenvalue weighted by molar-refractivity contribution is 9.10. The Bertz CT molecular complexity index is 461. The molecule has 0 amide bonds. The maximum absolute atomic E-state index is 10.6. The van der Waals surface area contributed by atoms with Crippen molar-refractivity contribution in [2.24, 2.45) is 0 Å². The van der Waals surface area contributed by atoms with Crippen LogP contribution in [0.3, 0.4) is 0 Å². The van der Waals surface area contributed by atoms with Crippen LogP contribution in [0.4, 0.5) is 5.69 Å². The summed E-state index contributed by atoms with van der Waals surface area (Å²) < 4.78 is 0.761. The SMILES string of the molecule is CN(C)C(C)(C)CNCc1ccc([N+](=O)[O-])cc1Br. The summed E-state index contributed by atoms with van der Waals surface area (Å²) in [6.45, 7) is 5.83. The van der Waals surface area contributed by atoms with Crippen LogP contribution < -0.4 is 5.32 Å². The summed E-state index contributed by atoms with van der Waals surface area (Å²) in [5.41, 5.74) is 1.18. The highest BCUT2D eigenvalue weighted by Crippen LogP contribution is 2.23. The summed E-state index contributed by atoms with van der Waals surface area (Å²) in [7, 11) is 4.09. The van der Waals surface area contributed by atoms with Gasteiger partial charge in [-0.25, -0.2) is 0 Å². The van der Waals surface area contributed by atoms with Crippen molar-refractivity contribution in [3.63, 3.8) is 0 Å². The minimum Gasteiger partial charge on any atom is -0.311 e. The van der Waals surface area contributed by atoms with Crippen molar-refractivity contribution in [1.29, 1.82) is 0 Å². The monoisotopic (exact) mass is 329 g/mol. The normalized spacial score (nSPS) is 11.9. The van der Waals surface area contributed by atoms with Crippen LogP contribution in [0.5, 0.6) is 0 Å². The van der Waals surface area contributed by atoms with E-state index in [4.69, 9.17) is 0 Å². The average Bonchev–Trinajstić information content (AvgIpc) is 2.30. The summed E-state index contributed by atoms with van der Waals surface area (Å²) in [4.78, 5) is 12.4. The molecule has 1 rings (SSSR count). The van der Waals surface area contributed by atoms with E-state index in [2.05, 4.69) is 40.0 Å². The lowest BCUT2D eigenvalue weighted by molar-refractivity contribution is -0.384. The van der Waals surface area contributed by atoms with Gasteiger partial charge in [-0.15, -0.1) is 0 Å². The maximum atomic E-state index is 10.6. The van der Waals surface area contributed by atoms with Gasteiger partial charge >= 0.3 is 0 Å². The molecule has 19 heavy (non-hydrogen) atoms. The van der Waals surface area contributed by atoms with Crippen LogP contribution >= 0.6 is 15.9 Å². The predicted molar refractivity (Wildman–Crippen MR) is 80.3 cm³/mol. The number of nitrogens with zero attached hydrogens (tertiary/aromatic N) is 2. The Balaban J connectivity index is 2.62. The number of benzene rings is 1. The van der Waals surface area contributed by atoms with Crippen molar-refractivity contribution in [2.45, 2.75) is 25.9 Å². The number of rotatable bonds is 6. The first-order valence-corrected chi connectivity index (χ1v) is 6.84. The van der Waals surface area contributed by atoms with Gasteiger partial charge < -0.3 is 10.2 Å². The van der Waals surface area contributed by atoms with E-state index in [0.717, 1.165) is 16.6 Å². The first-order chi connectivity index (χ1) is 8.74. The number of hydrogen-bond donors (Lipinski definition) is 1. The first-order valence-electron chi connectivity index (χ1n) is 6.05. The maximum Gasteiger partial charge on any atom is 0.270 e. The van der Waals surface area contributed by atoms with Gasteiger partial charge in [0.15, 0.2) is 0 Å². The fraction of sp³-hybridized carbons (Fsp3) is 0.538. The number of nitro groups is 1. The Labute approximate surface area is 122 Å². The van der Waals surface area contributed by atoms with Crippen LogP contribution in [0.2, 0.25) is 0 Å². The van der Waals surface area contributed by atoms with E-state index >= 15 is 0 Å². The minimum atomic E-state index is -0.392. The smallest absolute Gasteiger partial charge is 0.270 e. The summed E-state index contributed by atoms with van der Waals surface area (Å²) in [6, 6.07) is 4.84. The summed E-state index contributed by atoms with van der Waals surface area (Å²) in [5.74, 6) is 0. The van der Waals surface area contributed by atoms with Crippen LogP contribution in [0.1, 0.15) is 19.4 Å². The van der Waals surface area contributed by atoms with Crippen molar-refractivity contribution < 1.29 is 4.92 Å². The Morgan fingerprint density at radius 3 is 2.53 bits per heavy atom. The molecule has 0 aliphatic carbocycles. The fourth-order valence-corrected chi connectivity index (χ4v) is 1.96. The van der Waals surface area contributed by atoms with Crippen molar-refractivity contribution in [3.05, 3.63) is 38.3 Å². The van der Waals surface area contributed by atoms with Crippen LogP contribution in [0.25, 0.3) is 0 Å². The summed E-state index contributed by atoms with van der Waals surface area (Å²) >= 11 is 3.37. The number of non-ortho nitro benzene ring substituents is 1. The second-order valence-electron chi connectivity index (χ2n) is 5.34. The molecule has 0 saturated heterocycles. The number of likely N-dealkylation sites (N-methyl/N-ethyl adjacent to an activating group) is 1. The lowest BCUT2D eigenvalue weighted by Gasteiger charge is -2.32. The highest BCUT2D eigenvalue weighted by atomic mass is 79.9. The zero-order chi connectivity index (χ0) is 14.6. The van der Waals surface area contributed by atoms with Crippen molar-refractivity contribution >= 4 is 21.6 Å². The molecule has 0 atom stereocenters. The van der Waals surface area contributed by atoms with Gasteiger partial charge in [0.05, 0.1) is 4.92 Å². The molecule has 0 saturated carbocycles. The molecule has 0 aromatic heterocycles. The van der Waals surface area contributed by atoms with E-state index in [0.29, 0.717) is 6.54 Å². The Morgan fingerprint density at radius 1 is 1.42 bits per heavy atom. The number of halogens is 1. The quantitative estimate of drug-likeness (QED) is 0.644. The largest absolute Gasteiger partial charge is 0.311 e. The Kier molecular flexibility index (Phi) is 5.46. The van der Waals surface area contributed by atoms with E-state index in [9.17, 15) is 10.1 Å². The molecule has 1 aromatic carbocycles. The lowest BCUT2D eigenvalue weighted by atomic mass is 10.0. The van der Waals surface area contributed by atoms with Gasteiger partial charge in [-0.05, 0) is 39.6 Å². The van der Waals surface area contributed by atoms with Crippen molar-refractivity contribution in [2.75, 3.05) is 20.6 Å². The second-order valence-corrected chi connectivity index (χ2v) is 6.20. The molecule has 0 unspecified atom stereocenters. The molecule has 0 spiro atoms. The van der Waals surface area contributed by atoms with E-state index in [1.165, 1.54) is 12.1 Å². The van der Waals surface area contributed by atoms with E-state index < -0.39 is 4.92 Å². The van der Waals surface area contributed by atoms with Gasteiger partial charge in [0, 0.05) is 35.2 Å². The van der Waals surface area contributed by atoms with E-state index in [-0.39, 0.29) is 11.2 Å². The zero-order valence-electron chi connectivity index (χ0n) is 11.7. The third-order valence-electron chi connectivity index (χ3n) is 3.33. The van der Waals surface area contributed by atoms with E-state index in [1.807, 2.05) is 14.1 Å². The third-order valence-corrected chi connectivity index (χ3v) is 4.07. The fourth-order valence-electron chi connectivity index (χ4n) is 1.45. The number of hydrogen-bond acceptors (Lipinski definition) is 4. The lowest BCUT2D eigenvalue weighted by Crippen LogP contribution is -2.46. The zero-order valence-corrected chi connectivity index (χ0v) is 13.3. The summed E-state index contributed by atoms with van der Waals surface area (Å²) in [5, 5.41) is 14.0. The summed E-state index contributed by atoms with van der Waals surface area (Å²) in [6.07, 6.45) is 0. The molecule has 0 radical (unpaired) electrons. The third kappa shape index (κ3) is 4.56. The van der Waals surface area contributed by atoms with Crippen LogP contribution in [0, 0.1) is 10.1 Å². The van der Waals surface area contributed by atoms with Gasteiger partial charge in [-0.1, -0.05) is 15.9 Å². The predicted octanol–water partition coefficient (Wildman–Crippen LogP) is 2.79. The van der Waals surface area contributed by atoms with Gasteiger partial charge in [0.2, 0.25) is 0 Å². The molecule has 106 valence electrons. The van der Waals surface area contributed by atoms with Crippen LogP contribution in [-0.4, -0.2) is 36.0 Å². The molecule has 0 heterocycles. The second kappa shape index (κ2) is 6.45. The average molecular weight is 330 g/mol. The molecule has 5 nitrogen and oxygen atoms in total. The molecule has 0 bridgehead atoms. The van der Waals surface area contributed by atoms with E-state index in [1.54, 1.807) is 6.07 Å². The van der Waals surface area contributed by atoms with Gasteiger partial charge in [-0.2, -0.15) is 0 Å². The Hall–Kier alpha value is -0.980. The molecule has 1 N–H and O–H groups in total. The van der Waals surface area contributed by atoms with Gasteiger partial charge in [-0.3, -0.25) is 10.1 Å². The van der Waals surface area contributed by atoms with Gasteiger partial charge in [0.25, 0.3) is 5.69 Å². The molecule has 0 fully saturated rings. The first kappa shape index (κ1) is 16.1. The molecule has 0 aliphatic rings. The molecule has 0 aliphatic heterocycles. The standard InChI is InChI=1S/C13H20BrN3O2/c1-13(2,16(3)4)9-15-8-10-5-6-11(17(18)19)7-12(10)14/h5-7,15H,8-9H2,1-4H3. The highest BCUT2D eigenvalue weighted by Gasteiger charge is 2.19. The molecule has 6 heteroatoms. The Morgan fingerprint density at radius 2 is 2.05 bits per heavy atom. The van der Waals surface area contributed by atoms with Crippen LogP contribution in [0.15, 0.2) is 22.7 Å². The molecular weight excluding hydrogens is 310 g/mol.